The molecule has 1 fully saturated rings. The molecule has 8 nitrogen and oxygen atoms in total. The topological polar surface area (TPSA) is 116 Å². The zero-order chi connectivity index (χ0) is 24.7. The first-order chi connectivity index (χ1) is 17.7. The fourth-order valence-corrected chi connectivity index (χ4v) is 5.09. The number of carbonyl (C=O) groups excluding carboxylic acids is 2. The van der Waals surface area contributed by atoms with Gasteiger partial charge in [-0.25, -0.2) is 9.97 Å². The number of para-hydroxylation sites is 4. The van der Waals surface area contributed by atoms with Crippen molar-refractivity contribution in [3.8, 4) is 0 Å². The Morgan fingerprint density at radius 3 is 1.53 bits per heavy atom. The van der Waals surface area contributed by atoms with Crippen molar-refractivity contribution >= 4 is 33.9 Å². The van der Waals surface area contributed by atoms with Gasteiger partial charge in [0.05, 0.1) is 22.1 Å². The van der Waals surface area contributed by atoms with Crippen LogP contribution in [-0.4, -0.2) is 44.8 Å². The van der Waals surface area contributed by atoms with Gasteiger partial charge in [0, 0.05) is 37.8 Å². The van der Waals surface area contributed by atoms with Crippen LogP contribution in [0.15, 0.2) is 48.5 Å². The van der Waals surface area contributed by atoms with Crippen LogP contribution in [0.1, 0.15) is 50.2 Å². The van der Waals surface area contributed by atoms with Gasteiger partial charge in [-0.15, -0.1) is 0 Å². The lowest BCUT2D eigenvalue weighted by atomic mass is 9.81. The van der Waals surface area contributed by atoms with Crippen molar-refractivity contribution in [2.75, 3.05) is 13.1 Å². The molecule has 8 heteroatoms. The average Bonchev–Trinajstić information content (AvgIpc) is 3.52. The number of imidazole rings is 2. The Bertz CT molecular complexity index is 1150. The summed E-state index contributed by atoms with van der Waals surface area (Å²) in [6.45, 7) is 1.28. The molecule has 0 atom stereocenters. The zero-order valence-electron chi connectivity index (χ0n) is 20.6. The third-order valence-electron chi connectivity index (χ3n) is 7.12. The quantitative estimate of drug-likeness (QED) is 0.253. The highest BCUT2D eigenvalue weighted by atomic mass is 16.2. The van der Waals surface area contributed by atoms with Crippen molar-refractivity contribution < 1.29 is 9.59 Å². The Morgan fingerprint density at radius 1 is 0.694 bits per heavy atom. The monoisotopic (exact) mass is 486 g/mol. The molecular weight excluding hydrogens is 452 g/mol. The zero-order valence-corrected chi connectivity index (χ0v) is 20.6. The van der Waals surface area contributed by atoms with Gasteiger partial charge in [0.1, 0.15) is 11.6 Å². The van der Waals surface area contributed by atoms with Crippen LogP contribution in [0.3, 0.4) is 0 Å². The summed E-state index contributed by atoms with van der Waals surface area (Å²) in [5, 5.41) is 6.15. The average molecular weight is 487 g/mol. The molecule has 0 bridgehead atoms. The number of rotatable bonds is 10. The van der Waals surface area contributed by atoms with E-state index in [0.29, 0.717) is 13.1 Å². The molecule has 0 aliphatic heterocycles. The highest BCUT2D eigenvalue weighted by Crippen LogP contribution is 2.29. The van der Waals surface area contributed by atoms with Gasteiger partial charge >= 0.3 is 0 Å². The second-order valence-electron chi connectivity index (χ2n) is 9.74. The molecular formula is C28H34N6O2. The lowest BCUT2D eigenvalue weighted by Crippen LogP contribution is -2.38. The highest BCUT2D eigenvalue weighted by molar-refractivity contribution is 5.81. The number of nitrogens with one attached hydrogen (secondary N) is 4. The van der Waals surface area contributed by atoms with Crippen LogP contribution < -0.4 is 10.6 Å². The molecule has 2 heterocycles. The summed E-state index contributed by atoms with van der Waals surface area (Å²) in [6.07, 6.45) is 6.38. The van der Waals surface area contributed by atoms with Crippen LogP contribution in [0.4, 0.5) is 0 Å². The van der Waals surface area contributed by atoms with Crippen molar-refractivity contribution in [3.05, 3.63) is 60.2 Å². The summed E-state index contributed by atoms with van der Waals surface area (Å²) in [6, 6.07) is 16.0. The van der Waals surface area contributed by atoms with Gasteiger partial charge < -0.3 is 20.6 Å². The Hall–Kier alpha value is -3.68. The van der Waals surface area contributed by atoms with E-state index < -0.39 is 0 Å². The molecule has 36 heavy (non-hydrogen) atoms. The lowest BCUT2D eigenvalue weighted by Gasteiger charge is -2.27. The Kier molecular flexibility index (Phi) is 7.59. The van der Waals surface area contributed by atoms with Crippen LogP contribution in [-0.2, 0) is 22.4 Å². The highest BCUT2D eigenvalue weighted by Gasteiger charge is 2.29. The molecule has 4 N–H and O–H groups in total. The van der Waals surface area contributed by atoms with Crippen molar-refractivity contribution in [1.29, 1.82) is 0 Å². The number of fused-ring (bicyclic) bond motifs is 2. The molecule has 0 radical (unpaired) electrons. The Morgan fingerprint density at radius 2 is 1.11 bits per heavy atom. The number of aromatic amines is 2. The van der Waals surface area contributed by atoms with Gasteiger partial charge in [0.15, 0.2) is 0 Å². The molecule has 188 valence electrons. The van der Waals surface area contributed by atoms with E-state index >= 15 is 0 Å². The second kappa shape index (κ2) is 11.4. The number of carbonyl (C=O) groups is 2. The number of hydrogen-bond donors (Lipinski definition) is 4. The molecule has 2 aromatic heterocycles. The maximum atomic E-state index is 12.6. The summed E-state index contributed by atoms with van der Waals surface area (Å²) in [7, 11) is 0. The fourth-order valence-electron chi connectivity index (χ4n) is 5.09. The first-order valence-electron chi connectivity index (χ1n) is 13.1. The standard InChI is InChI=1S/C28H34N6O2/c35-27(29-17-5-11-25-31-21-7-1-2-8-22(21)32-25)19-13-15-20(16-14-19)28(36)30-18-6-12-26-33-23-9-3-4-10-24(23)34-26/h1-4,7-10,19-20H,5-6,11-18H2,(H,29,35)(H,30,36)(H,31,32)(H,33,34). The molecule has 4 aromatic rings. The minimum Gasteiger partial charge on any atom is -0.356 e. The normalized spacial score (nSPS) is 17.9. The molecule has 5 rings (SSSR count). The SMILES string of the molecule is O=C(NCCCc1nc2ccccc2[nH]1)C1CCC(C(=O)NCCCc2nc3ccccc3[nH]2)CC1. The van der Waals surface area contributed by atoms with Crippen molar-refractivity contribution in [1.82, 2.24) is 30.6 Å². The maximum Gasteiger partial charge on any atom is 0.223 e. The Balaban J connectivity index is 0.955. The third kappa shape index (κ3) is 5.93. The van der Waals surface area contributed by atoms with Gasteiger partial charge in [-0.05, 0) is 62.8 Å². The van der Waals surface area contributed by atoms with Crippen LogP contribution in [0.5, 0.6) is 0 Å². The van der Waals surface area contributed by atoms with Crippen LogP contribution >= 0.6 is 0 Å². The molecule has 0 unspecified atom stereocenters. The van der Waals surface area contributed by atoms with E-state index in [2.05, 4.69) is 30.6 Å². The summed E-state index contributed by atoms with van der Waals surface area (Å²) < 4.78 is 0. The predicted octanol–water partition coefficient (Wildman–Crippen LogP) is 4.04. The molecule has 1 aliphatic carbocycles. The summed E-state index contributed by atoms with van der Waals surface area (Å²) >= 11 is 0. The van der Waals surface area contributed by atoms with Crippen molar-refractivity contribution in [2.24, 2.45) is 11.8 Å². The van der Waals surface area contributed by atoms with Gasteiger partial charge in [-0.3, -0.25) is 9.59 Å². The lowest BCUT2D eigenvalue weighted by molar-refractivity contribution is -0.130. The van der Waals surface area contributed by atoms with E-state index in [1.165, 1.54) is 0 Å². The third-order valence-corrected chi connectivity index (χ3v) is 7.12. The summed E-state index contributed by atoms with van der Waals surface area (Å²) in [4.78, 5) is 41.0. The van der Waals surface area contributed by atoms with E-state index in [1.807, 2.05) is 48.5 Å². The van der Waals surface area contributed by atoms with Crippen molar-refractivity contribution in [2.45, 2.75) is 51.4 Å². The van der Waals surface area contributed by atoms with Crippen molar-refractivity contribution in [3.63, 3.8) is 0 Å². The fraction of sp³-hybridized carbons (Fsp3) is 0.429. The summed E-state index contributed by atoms with van der Waals surface area (Å²) in [5.74, 6) is 2.15. The minimum atomic E-state index is 0.00772. The van der Waals surface area contributed by atoms with E-state index in [1.54, 1.807) is 0 Å². The number of aryl methyl sites for hydroxylation is 2. The Labute approximate surface area is 210 Å². The van der Waals surface area contributed by atoms with Gasteiger partial charge in [0.25, 0.3) is 0 Å². The van der Waals surface area contributed by atoms with E-state index in [-0.39, 0.29) is 23.7 Å². The first kappa shape index (κ1) is 24.0. The van der Waals surface area contributed by atoms with E-state index in [9.17, 15) is 9.59 Å². The number of nitrogens with zero attached hydrogens (tertiary/aromatic N) is 2. The number of amides is 2. The molecule has 0 spiro atoms. The van der Waals surface area contributed by atoms with Gasteiger partial charge in [-0.1, -0.05) is 24.3 Å². The number of hydrogen-bond acceptors (Lipinski definition) is 4. The largest absolute Gasteiger partial charge is 0.356 e. The molecule has 2 aromatic carbocycles. The molecule has 0 saturated heterocycles. The number of H-pyrrole nitrogens is 2. The molecule has 2 amide bonds. The van der Waals surface area contributed by atoms with Gasteiger partial charge in [-0.2, -0.15) is 0 Å². The molecule has 1 saturated carbocycles. The van der Waals surface area contributed by atoms with Crippen LogP contribution in [0, 0.1) is 11.8 Å². The van der Waals surface area contributed by atoms with E-state index in [4.69, 9.17) is 0 Å². The number of aromatic nitrogens is 4. The van der Waals surface area contributed by atoms with Crippen LogP contribution in [0.25, 0.3) is 22.1 Å². The maximum absolute atomic E-state index is 12.6. The predicted molar refractivity (Wildman–Crippen MR) is 140 cm³/mol. The minimum absolute atomic E-state index is 0.00772. The molecule has 1 aliphatic rings. The first-order valence-corrected chi connectivity index (χ1v) is 13.1. The number of benzene rings is 2. The smallest absolute Gasteiger partial charge is 0.223 e. The van der Waals surface area contributed by atoms with E-state index in [0.717, 1.165) is 85.1 Å². The summed E-state index contributed by atoms with van der Waals surface area (Å²) in [5.41, 5.74) is 4.04. The van der Waals surface area contributed by atoms with Gasteiger partial charge in [0.2, 0.25) is 11.8 Å². The second-order valence-corrected chi connectivity index (χ2v) is 9.74. The van der Waals surface area contributed by atoms with Crippen LogP contribution in [0.2, 0.25) is 0 Å².